The number of para-hydroxylation sites is 1. The molecule has 0 N–H and O–H groups in total. The van der Waals surface area contributed by atoms with E-state index in [1.54, 1.807) is 23.7 Å². The number of aryl methyl sites for hydroxylation is 1. The number of rotatable bonds is 4. The van der Waals surface area contributed by atoms with E-state index in [0.717, 1.165) is 47.3 Å². The number of hydrogen-bond acceptors (Lipinski definition) is 5. The highest BCUT2D eigenvalue weighted by molar-refractivity contribution is 7.15. The molecule has 3 heterocycles. The molecule has 1 amide bonds. The highest BCUT2D eigenvalue weighted by Crippen LogP contribution is 2.28. The van der Waals surface area contributed by atoms with Gasteiger partial charge in [-0.05, 0) is 31.2 Å². The van der Waals surface area contributed by atoms with Gasteiger partial charge in [-0.3, -0.25) is 9.78 Å². The van der Waals surface area contributed by atoms with Crippen molar-refractivity contribution in [3.63, 3.8) is 0 Å². The van der Waals surface area contributed by atoms with Gasteiger partial charge in [-0.2, -0.15) is 0 Å². The first-order valence-electron chi connectivity index (χ1n) is 9.15. The maximum absolute atomic E-state index is 12.8. The second-order valence-electron chi connectivity index (χ2n) is 6.64. The van der Waals surface area contributed by atoms with E-state index in [2.05, 4.69) is 39.1 Å². The average Bonchev–Trinajstić information content (AvgIpc) is 3.10. The molecule has 0 radical (unpaired) electrons. The van der Waals surface area contributed by atoms with Crippen molar-refractivity contribution in [3.05, 3.63) is 65.4 Å². The van der Waals surface area contributed by atoms with Crippen LogP contribution in [0.1, 0.15) is 10.6 Å². The van der Waals surface area contributed by atoms with Gasteiger partial charge < -0.3 is 9.80 Å². The van der Waals surface area contributed by atoms with E-state index in [9.17, 15) is 4.79 Å². The van der Waals surface area contributed by atoms with Gasteiger partial charge in [0, 0.05) is 54.7 Å². The molecule has 0 spiro atoms. The van der Waals surface area contributed by atoms with Crippen molar-refractivity contribution in [3.8, 4) is 10.6 Å². The molecule has 0 saturated carbocycles. The van der Waals surface area contributed by atoms with Gasteiger partial charge in [0.05, 0.1) is 12.1 Å². The van der Waals surface area contributed by atoms with E-state index in [4.69, 9.17) is 0 Å². The number of benzene rings is 1. The lowest BCUT2D eigenvalue weighted by Crippen LogP contribution is -2.49. The van der Waals surface area contributed by atoms with Crippen LogP contribution in [0.3, 0.4) is 0 Å². The number of thiazole rings is 1. The molecule has 4 rings (SSSR count). The first-order chi connectivity index (χ1) is 13.2. The monoisotopic (exact) mass is 378 g/mol. The number of aromatic nitrogens is 2. The number of pyridine rings is 1. The molecule has 1 aliphatic heterocycles. The summed E-state index contributed by atoms with van der Waals surface area (Å²) in [5, 5.41) is 0.951. The Labute approximate surface area is 163 Å². The molecule has 1 aromatic carbocycles. The van der Waals surface area contributed by atoms with Crippen LogP contribution in [0.25, 0.3) is 10.6 Å². The van der Waals surface area contributed by atoms with Gasteiger partial charge in [0.1, 0.15) is 5.01 Å². The summed E-state index contributed by atoms with van der Waals surface area (Å²) in [7, 11) is 0. The van der Waals surface area contributed by atoms with Crippen LogP contribution >= 0.6 is 11.3 Å². The van der Waals surface area contributed by atoms with E-state index in [1.165, 1.54) is 5.69 Å². The molecule has 6 heteroatoms. The SMILES string of the molecule is Cc1nc(-c2ccncc2)sc1CC(=O)N1CCN(c2ccccc2)CC1. The number of anilines is 1. The molecule has 1 fully saturated rings. The highest BCUT2D eigenvalue weighted by atomic mass is 32.1. The standard InChI is InChI=1S/C21H22N4OS/c1-16-19(27-21(23-16)17-7-9-22-10-8-17)15-20(26)25-13-11-24(12-14-25)18-5-3-2-4-6-18/h2-10H,11-15H2,1H3. The van der Waals surface area contributed by atoms with E-state index in [-0.39, 0.29) is 5.91 Å². The Kier molecular flexibility index (Phi) is 5.16. The molecule has 1 aliphatic rings. The Morgan fingerprint density at radius 2 is 1.74 bits per heavy atom. The summed E-state index contributed by atoms with van der Waals surface area (Å²) in [4.78, 5) is 26.8. The van der Waals surface area contributed by atoms with Gasteiger partial charge in [-0.1, -0.05) is 18.2 Å². The maximum atomic E-state index is 12.8. The van der Waals surface area contributed by atoms with Gasteiger partial charge in [-0.25, -0.2) is 4.98 Å². The van der Waals surface area contributed by atoms with Crippen molar-refractivity contribution in [1.82, 2.24) is 14.9 Å². The topological polar surface area (TPSA) is 49.3 Å². The molecule has 0 aliphatic carbocycles. The summed E-state index contributed by atoms with van der Waals surface area (Å²) in [6, 6.07) is 14.3. The Morgan fingerprint density at radius 1 is 1.04 bits per heavy atom. The minimum absolute atomic E-state index is 0.191. The molecular formula is C21H22N4OS. The van der Waals surface area contributed by atoms with E-state index in [0.29, 0.717) is 6.42 Å². The van der Waals surface area contributed by atoms with Crippen molar-refractivity contribution in [1.29, 1.82) is 0 Å². The summed E-state index contributed by atoms with van der Waals surface area (Å²) < 4.78 is 0. The van der Waals surface area contributed by atoms with Gasteiger partial charge >= 0.3 is 0 Å². The summed E-state index contributed by atoms with van der Waals surface area (Å²) in [6.45, 7) is 5.27. The largest absolute Gasteiger partial charge is 0.368 e. The molecule has 27 heavy (non-hydrogen) atoms. The number of amides is 1. The second-order valence-corrected chi connectivity index (χ2v) is 7.73. The van der Waals surface area contributed by atoms with Crippen molar-refractivity contribution in [2.45, 2.75) is 13.3 Å². The van der Waals surface area contributed by atoms with Crippen LogP contribution in [0, 0.1) is 6.92 Å². The van der Waals surface area contributed by atoms with Crippen LogP contribution in [-0.4, -0.2) is 47.0 Å². The zero-order chi connectivity index (χ0) is 18.6. The van der Waals surface area contributed by atoms with Crippen LogP contribution in [-0.2, 0) is 11.2 Å². The quantitative estimate of drug-likeness (QED) is 0.698. The minimum Gasteiger partial charge on any atom is -0.368 e. The molecule has 0 atom stereocenters. The Morgan fingerprint density at radius 3 is 2.44 bits per heavy atom. The van der Waals surface area contributed by atoms with Crippen LogP contribution in [0.5, 0.6) is 0 Å². The predicted molar refractivity (Wildman–Crippen MR) is 109 cm³/mol. The zero-order valence-electron chi connectivity index (χ0n) is 15.3. The third-order valence-corrected chi connectivity index (χ3v) is 6.09. The Bertz CT molecular complexity index is 902. The summed E-state index contributed by atoms with van der Waals surface area (Å²) in [6.07, 6.45) is 3.96. The lowest BCUT2D eigenvalue weighted by Gasteiger charge is -2.36. The number of hydrogen-bond donors (Lipinski definition) is 0. The third-order valence-electron chi connectivity index (χ3n) is 4.89. The fraction of sp³-hybridized carbons (Fsp3) is 0.286. The summed E-state index contributed by atoms with van der Waals surface area (Å²) >= 11 is 1.61. The fourth-order valence-electron chi connectivity index (χ4n) is 3.31. The molecule has 0 unspecified atom stereocenters. The first kappa shape index (κ1) is 17.7. The molecular weight excluding hydrogens is 356 g/mol. The lowest BCUT2D eigenvalue weighted by molar-refractivity contribution is -0.130. The van der Waals surface area contributed by atoms with Crippen molar-refractivity contribution in [2.24, 2.45) is 0 Å². The van der Waals surface area contributed by atoms with E-state index < -0.39 is 0 Å². The van der Waals surface area contributed by atoms with Gasteiger partial charge in [-0.15, -0.1) is 11.3 Å². The van der Waals surface area contributed by atoms with Crippen molar-refractivity contribution >= 4 is 22.9 Å². The molecule has 5 nitrogen and oxygen atoms in total. The molecule has 138 valence electrons. The highest BCUT2D eigenvalue weighted by Gasteiger charge is 2.23. The summed E-state index contributed by atoms with van der Waals surface area (Å²) in [5.41, 5.74) is 3.22. The second kappa shape index (κ2) is 7.88. The number of piperazine rings is 1. The average molecular weight is 379 g/mol. The number of nitrogens with zero attached hydrogens (tertiary/aromatic N) is 4. The lowest BCUT2D eigenvalue weighted by atomic mass is 10.2. The molecule has 0 bridgehead atoms. The van der Waals surface area contributed by atoms with Crippen LogP contribution in [0.15, 0.2) is 54.9 Å². The molecule has 1 saturated heterocycles. The van der Waals surface area contributed by atoms with Crippen LogP contribution in [0.4, 0.5) is 5.69 Å². The van der Waals surface area contributed by atoms with Crippen LogP contribution in [0.2, 0.25) is 0 Å². The smallest absolute Gasteiger partial charge is 0.228 e. The summed E-state index contributed by atoms with van der Waals surface area (Å²) in [5.74, 6) is 0.191. The van der Waals surface area contributed by atoms with Gasteiger partial charge in [0.15, 0.2) is 0 Å². The number of carbonyl (C=O) groups is 1. The number of carbonyl (C=O) groups excluding carboxylic acids is 1. The minimum atomic E-state index is 0.191. The maximum Gasteiger partial charge on any atom is 0.228 e. The Balaban J connectivity index is 1.38. The molecule has 2 aromatic heterocycles. The third kappa shape index (κ3) is 4.01. The van der Waals surface area contributed by atoms with Crippen molar-refractivity contribution < 1.29 is 4.79 Å². The van der Waals surface area contributed by atoms with Gasteiger partial charge in [0.25, 0.3) is 0 Å². The van der Waals surface area contributed by atoms with Crippen molar-refractivity contribution in [2.75, 3.05) is 31.1 Å². The van der Waals surface area contributed by atoms with Gasteiger partial charge in [0.2, 0.25) is 5.91 Å². The van der Waals surface area contributed by atoms with E-state index >= 15 is 0 Å². The predicted octanol–water partition coefficient (Wildman–Crippen LogP) is 3.40. The Hall–Kier alpha value is -2.73. The fourth-order valence-corrected chi connectivity index (χ4v) is 4.37. The van der Waals surface area contributed by atoms with E-state index in [1.807, 2.05) is 30.0 Å². The zero-order valence-corrected chi connectivity index (χ0v) is 16.2. The molecule has 3 aromatic rings. The van der Waals surface area contributed by atoms with Crippen LogP contribution < -0.4 is 4.90 Å². The first-order valence-corrected chi connectivity index (χ1v) is 9.97. The normalized spacial score (nSPS) is 14.4.